The number of ether oxygens (including phenoxy) is 1. The fourth-order valence-corrected chi connectivity index (χ4v) is 2.85. The molecule has 106 valence electrons. The normalized spacial score (nSPS) is 12.2. The van der Waals surface area contributed by atoms with Crippen molar-refractivity contribution in [1.29, 1.82) is 0 Å². The molecule has 0 radical (unpaired) electrons. The Balaban J connectivity index is 2.46. The summed E-state index contributed by atoms with van der Waals surface area (Å²) in [6, 6.07) is 11.6. The molecule has 0 fully saturated rings. The van der Waals surface area contributed by atoms with Crippen molar-refractivity contribution in [2.75, 3.05) is 7.11 Å². The number of hydrazine groups is 1. The minimum absolute atomic E-state index is 0.116. The predicted octanol–water partition coefficient (Wildman–Crippen LogP) is 3.97. The molecular formula is C15H16BrClN2O. The number of rotatable bonds is 4. The lowest BCUT2D eigenvalue weighted by Crippen LogP contribution is -2.29. The van der Waals surface area contributed by atoms with Crippen molar-refractivity contribution in [1.82, 2.24) is 5.43 Å². The van der Waals surface area contributed by atoms with Gasteiger partial charge in [0.25, 0.3) is 0 Å². The Morgan fingerprint density at radius 2 is 2.00 bits per heavy atom. The van der Waals surface area contributed by atoms with Gasteiger partial charge in [-0.15, -0.1) is 0 Å². The van der Waals surface area contributed by atoms with Crippen LogP contribution in [0.15, 0.2) is 40.9 Å². The molecule has 1 atom stereocenters. The van der Waals surface area contributed by atoms with Gasteiger partial charge in [-0.25, -0.2) is 5.43 Å². The highest BCUT2D eigenvalue weighted by molar-refractivity contribution is 9.10. The zero-order valence-electron chi connectivity index (χ0n) is 11.3. The molecule has 0 saturated carbocycles. The van der Waals surface area contributed by atoms with Gasteiger partial charge in [0.1, 0.15) is 5.75 Å². The third kappa shape index (κ3) is 3.15. The summed E-state index contributed by atoms with van der Waals surface area (Å²) < 4.78 is 6.30. The fourth-order valence-electron chi connectivity index (χ4n) is 2.18. The second kappa shape index (κ2) is 6.59. The van der Waals surface area contributed by atoms with Crippen LogP contribution in [-0.2, 0) is 0 Å². The molecule has 20 heavy (non-hydrogen) atoms. The van der Waals surface area contributed by atoms with Gasteiger partial charge in [0.2, 0.25) is 0 Å². The first-order valence-corrected chi connectivity index (χ1v) is 7.29. The Kier molecular flexibility index (Phi) is 5.05. The molecule has 0 aliphatic rings. The van der Waals surface area contributed by atoms with Crippen molar-refractivity contribution in [2.24, 2.45) is 5.84 Å². The smallest absolute Gasteiger partial charge is 0.137 e. The highest BCUT2D eigenvalue weighted by Crippen LogP contribution is 2.32. The van der Waals surface area contributed by atoms with Crippen LogP contribution in [0.4, 0.5) is 0 Å². The van der Waals surface area contributed by atoms with E-state index in [1.807, 2.05) is 30.3 Å². The average Bonchev–Trinajstić information content (AvgIpc) is 2.43. The number of nitrogens with one attached hydrogen (secondary N) is 1. The van der Waals surface area contributed by atoms with Gasteiger partial charge >= 0.3 is 0 Å². The summed E-state index contributed by atoms with van der Waals surface area (Å²) in [5.74, 6) is 6.38. The minimum Gasteiger partial charge on any atom is -0.495 e. The van der Waals surface area contributed by atoms with Crippen molar-refractivity contribution in [3.63, 3.8) is 0 Å². The molecule has 3 nitrogen and oxygen atoms in total. The maximum absolute atomic E-state index is 6.06. The second-order valence-electron chi connectivity index (χ2n) is 4.49. The molecule has 0 bridgehead atoms. The minimum atomic E-state index is -0.116. The van der Waals surface area contributed by atoms with E-state index >= 15 is 0 Å². The standard InChI is InChI=1S/C15H16BrClN2O/c1-9-7-11(16)4-5-12(9)15(19-18)10-3-6-13(17)14(8-10)20-2/h3-8,15,19H,18H2,1-2H3. The van der Waals surface area contributed by atoms with Gasteiger partial charge in [-0.1, -0.05) is 39.7 Å². The topological polar surface area (TPSA) is 47.3 Å². The van der Waals surface area contributed by atoms with Crippen molar-refractivity contribution < 1.29 is 4.74 Å². The van der Waals surface area contributed by atoms with E-state index < -0.39 is 0 Å². The van der Waals surface area contributed by atoms with Gasteiger partial charge in [-0.3, -0.25) is 5.84 Å². The van der Waals surface area contributed by atoms with E-state index in [-0.39, 0.29) is 6.04 Å². The zero-order valence-corrected chi connectivity index (χ0v) is 13.6. The largest absolute Gasteiger partial charge is 0.495 e. The number of nitrogens with two attached hydrogens (primary N) is 1. The van der Waals surface area contributed by atoms with Crippen molar-refractivity contribution in [3.8, 4) is 5.75 Å². The van der Waals surface area contributed by atoms with Crippen LogP contribution in [0.1, 0.15) is 22.7 Å². The molecule has 0 saturated heterocycles. The van der Waals surface area contributed by atoms with Crippen LogP contribution in [0.25, 0.3) is 0 Å². The first kappa shape index (κ1) is 15.3. The Morgan fingerprint density at radius 1 is 1.25 bits per heavy atom. The van der Waals surface area contributed by atoms with Crippen molar-refractivity contribution in [2.45, 2.75) is 13.0 Å². The van der Waals surface area contributed by atoms with Gasteiger partial charge in [0.05, 0.1) is 18.2 Å². The molecule has 5 heteroatoms. The quantitative estimate of drug-likeness (QED) is 0.644. The molecule has 0 heterocycles. The summed E-state index contributed by atoms with van der Waals surface area (Å²) in [4.78, 5) is 0. The van der Waals surface area contributed by atoms with Crippen LogP contribution in [0, 0.1) is 6.92 Å². The van der Waals surface area contributed by atoms with Crippen LogP contribution < -0.4 is 16.0 Å². The lowest BCUT2D eigenvalue weighted by atomic mass is 9.95. The van der Waals surface area contributed by atoms with Crippen LogP contribution in [-0.4, -0.2) is 7.11 Å². The highest BCUT2D eigenvalue weighted by Gasteiger charge is 2.16. The Labute approximate surface area is 132 Å². The average molecular weight is 356 g/mol. The Hall–Kier alpha value is -1.07. The molecule has 0 spiro atoms. The maximum atomic E-state index is 6.06. The summed E-state index contributed by atoms with van der Waals surface area (Å²) in [7, 11) is 1.60. The van der Waals surface area contributed by atoms with Gasteiger partial charge in [0, 0.05) is 4.47 Å². The van der Waals surface area contributed by atoms with Crippen LogP contribution in [0.3, 0.4) is 0 Å². The number of aryl methyl sites for hydroxylation is 1. The van der Waals surface area contributed by atoms with Crippen LogP contribution in [0.2, 0.25) is 5.02 Å². The van der Waals surface area contributed by atoms with E-state index in [2.05, 4.69) is 34.3 Å². The molecule has 0 aliphatic heterocycles. The number of hydrogen-bond acceptors (Lipinski definition) is 3. The highest BCUT2D eigenvalue weighted by atomic mass is 79.9. The van der Waals surface area contributed by atoms with Crippen LogP contribution >= 0.6 is 27.5 Å². The molecule has 3 N–H and O–H groups in total. The lowest BCUT2D eigenvalue weighted by Gasteiger charge is -2.20. The van der Waals surface area contributed by atoms with E-state index in [0.717, 1.165) is 21.2 Å². The van der Waals surface area contributed by atoms with E-state index in [4.69, 9.17) is 22.2 Å². The summed E-state index contributed by atoms with van der Waals surface area (Å²) in [6.45, 7) is 2.05. The Morgan fingerprint density at radius 3 is 2.60 bits per heavy atom. The van der Waals surface area contributed by atoms with Gasteiger partial charge < -0.3 is 4.74 Å². The summed E-state index contributed by atoms with van der Waals surface area (Å²) in [5.41, 5.74) is 6.11. The molecule has 2 rings (SSSR count). The second-order valence-corrected chi connectivity index (χ2v) is 5.82. The van der Waals surface area contributed by atoms with Crippen molar-refractivity contribution in [3.05, 3.63) is 62.6 Å². The predicted molar refractivity (Wildman–Crippen MR) is 86.0 cm³/mol. The van der Waals surface area contributed by atoms with E-state index in [0.29, 0.717) is 10.8 Å². The fraction of sp³-hybridized carbons (Fsp3) is 0.200. The molecular weight excluding hydrogens is 340 g/mol. The molecule has 2 aromatic rings. The Bertz CT molecular complexity index is 619. The molecule has 0 amide bonds. The SMILES string of the molecule is COc1cc(C(NN)c2ccc(Br)cc2C)ccc1Cl. The molecule has 0 aliphatic carbocycles. The summed E-state index contributed by atoms with van der Waals surface area (Å²) in [5, 5.41) is 0.583. The number of benzene rings is 2. The van der Waals surface area contributed by atoms with Crippen LogP contribution in [0.5, 0.6) is 5.75 Å². The zero-order chi connectivity index (χ0) is 14.7. The third-order valence-corrected chi connectivity index (χ3v) is 4.02. The number of methoxy groups -OCH3 is 1. The van der Waals surface area contributed by atoms with E-state index in [1.165, 1.54) is 0 Å². The van der Waals surface area contributed by atoms with Gasteiger partial charge in [0.15, 0.2) is 0 Å². The third-order valence-electron chi connectivity index (χ3n) is 3.22. The number of hydrogen-bond donors (Lipinski definition) is 2. The van der Waals surface area contributed by atoms with Crippen molar-refractivity contribution >= 4 is 27.5 Å². The van der Waals surface area contributed by atoms with Gasteiger partial charge in [-0.2, -0.15) is 0 Å². The monoisotopic (exact) mass is 354 g/mol. The van der Waals surface area contributed by atoms with Gasteiger partial charge in [-0.05, 0) is 47.9 Å². The molecule has 0 aromatic heterocycles. The number of halogens is 2. The molecule has 1 unspecified atom stereocenters. The molecule has 2 aromatic carbocycles. The lowest BCUT2D eigenvalue weighted by molar-refractivity contribution is 0.414. The van der Waals surface area contributed by atoms with E-state index in [1.54, 1.807) is 7.11 Å². The summed E-state index contributed by atoms with van der Waals surface area (Å²) >= 11 is 9.53. The summed E-state index contributed by atoms with van der Waals surface area (Å²) in [6.07, 6.45) is 0. The first-order chi connectivity index (χ1) is 9.56. The first-order valence-electron chi connectivity index (χ1n) is 6.12. The van der Waals surface area contributed by atoms with E-state index in [9.17, 15) is 0 Å². The maximum Gasteiger partial charge on any atom is 0.137 e.